The minimum Gasteiger partial charge on any atom is -0.373 e. The number of fused-ring (bicyclic) bond motifs is 1. The molecule has 1 N–H and O–H groups in total. The lowest BCUT2D eigenvalue weighted by molar-refractivity contribution is -0.143. The molecule has 2 aromatic carbocycles. The van der Waals surface area contributed by atoms with Gasteiger partial charge in [0.1, 0.15) is 0 Å². The number of alkyl halides is 6. The van der Waals surface area contributed by atoms with E-state index < -0.39 is 23.5 Å². The van der Waals surface area contributed by atoms with E-state index in [9.17, 15) is 26.3 Å². The number of hydrogen-bond donors (Lipinski definition) is 1. The van der Waals surface area contributed by atoms with Gasteiger partial charge in [0.05, 0.1) is 23.3 Å². The summed E-state index contributed by atoms with van der Waals surface area (Å²) in [6, 6.07) is 8.88. The zero-order valence-electron chi connectivity index (χ0n) is 18.1. The summed E-state index contributed by atoms with van der Waals surface area (Å²) in [4.78, 5) is 5.27. The number of morpholine rings is 1. The molecule has 0 saturated carbocycles. The Morgan fingerprint density at radius 3 is 2.06 bits per heavy atom. The standard InChI is InChI=1S/C24H24F6N2O/c1-14-12-32(13-15(2)33-14)8-7-20-19-5-3-4-6-21(19)31-22(20)16-9-17(23(25,26)27)11-18(10-16)24(28,29)30/h3-6,9-11,14-15,31H,7-8,12-13H2,1-2H3/t14-,15+. The van der Waals surface area contributed by atoms with E-state index in [4.69, 9.17) is 4.74 Å². The first-order valence-electron chi connectivity index (χ1n) is 10.7. The highest BCUT2D eigenvalue weighted by Gasteiger charge is 2.37. The van der Waals surface area contributed by atoms with Crippen LogP contribution < -0.4 is 0 Å². The van der Waals surface area contributed by atoms with Gasteiger partial charge >= 0.3 is 12.4 Å². The van der Waals surface area contributed by atoms with E-state index in [0.29, 0.717) is 37.1 Å². The highest BCUT2D eigenvalue weighted by atomic mass is 19.4. The number of para-hydroxylation sites is 1. The van der Waals surface area contributed by atoms with Crippen molar-refractivity contribution in [3.8, 4) is 11.3 Å². The molecule has 0 unspecified atom stereocenters. The van der Waals surface area contributed by atoms with Crippen LogP contribution in [0, 0.1) is 0 Å². The summed E-state index contributed by atoms with van der Waals surface area (Å²) in [5, 5.41) is 0.785. The van der Waals surface area contributed by atoms with Crippen LogP contribution in [0.15, 0.2) is 42.5 Å². The Morgan fingerprint density at radius 2 is 1.48 bits per heavy atom. The van der Waals surface area contributed by atoms with Gasteiger partial charge in [0, 0.05) is 36.2 Å². The molecule has 1 aliphatic heterocycles. The molecule has 0 amide bonds. The third kappa shape index (κ3) is 5.19. The minimum atomic E-state index is -4.90. The van der Waals surface area contributed by atoms with E-state index >= 15 is 0 Å². The zero-order chi connectivity index (χ0) is 24.0. The maximum absolute atomic E-state index is 13.4. The van der Waals surface area contributed by atoms with Gasteiger partial charge in [-0.25, -0.2) is 0 Å². The van der Waals surface area contributed by atoms with Crippen molar-refractivity contribution in [3.05, 3.63) is 59.2 Å². The first-order valence-corrected chi connectivity index (χ1v) is 10.7. The summed E-state index contributed by atoms with van der Waals surface area (Å²) in [5.41, 5.74) is -1.14. The Bertz CT molecular complexity index is 1090. The van der Waals surface area contributed by atoms with Crippen LogP contribution in [0.4, 0.5) is 26.3 Å². The van der Waals surface area contributed by atoms with Gasteiger partial charge in [0.15, 0.2) is 0 Å². The topological polar surface area (TPSA) is 28.3 Å². The molecule has 9 heteroatoms. The maximum Gasteiger partial charge on any atom is 0.416 e. The van der Waals surface area contributed by atoms with Gasteiger partial charge in [-0.1, -0.05) is 18.2 Å². The molecule has 178 valence electrons. The van der Waals surface area contributed by atoms with Crippen molar-refractivity contribution in [1.82, 2.24) is 9.88 Å². The van der Waals surface area contributed by atoms with Crippen LogP contribution in [0.25, 0.3) is 22.2 Å². The second-order valence-electron chi connectivity index (χ2n) is 8.59. The zero-order valence-corrected chi connectivity index (χ0v) is 18.1. The number of benzene rings is 2. The predicted octanol–water partition coefficient (Wildman–Crippen LogP) is 6.52. The molecule has 2 atom stereocenters. The monoisotopic (exact) mass is 470 g/mol. The summed E-state index contributed by atoms with van der Waals surface area (Å²) in [6.07, 6.45) is -9.23. The van der Waals surface area contributed by atoms with E-state index in [1.54, 1.807) is 18.2 Å². The summed E-state index contributed by atoms with van der Waals surface area (Å²) in [6.45, 7) is 5.98. The number of aromatic amines is 1. The number of nitrogens with zero attached hydrogens (tertiary/aromatic N) is 1. The average molecular weight is 470 g/mol. The third-order valence-corrected chi connectivity index (χ3v) is 5.86. The fourth-order valence-corrected chi connectivity index (χ4v) is 4.54. The quantitative estimate of drug-likeness (QED) is 0.440. The van der Waals surface area contributed by atoms with Crippen LogP contribution in [0.5, 0.6) is 0 Å². The van der Waals surface area contributed by atoms with Gasteiger partial charge in [-0.3, -0.25) is 4.90 Å². The van der Waals surface area contributed by atoms with Crippen molar-refractivity contribution in [1.29, 1.82) is 0 Å². The number of hydrogen-bond acceptors (Lipinski definition) is 2. The molecule has 1 aliphatic rings. The van der Waals surface area contributed by atoms with Crippen LogP contribution >= 0.6 is 0 Å². The van der Waals surface area contributed by atoms with Gasteiger partial charge in [0.25, 0.3) is 0 Å². The number of aromatic nitrogens is 1. The van der Waals surface area contributed by atoms with Gasteiger partial charge < -0.3 is 9.72 Å². The Labute approximate surface area is 187 Å². The fraction of sp³-hybridized carbons (Fsp3) is 0.417. The highest BCUT2D eigenvalue weighted by Crippen LogP contribution is 2.40. The van der Waals surface area contributed by atoms with Crippen LogP contribution in [0.1, 0.15) is 30.5 Å². The molecule has 3 nitrogen and oxygen atoms in total. The van der Waals surface area contributed by atoms with E-state index in [2.05, 4.69) is 9.88 Å². The molecule has 2 heterocycles. The summed E-state index contributed by atoms with van der Waals surface area (Å²) in [5.74, 6) is 0. The number of H-pyrrole nitrogens is 1. The van der Waals surface area contributed by atoms with Crippen LogP contribution in [-0.2, 0) is 23.5 Å². The highest BCUT2D eigenvalue weighted by molar-refractivity contribution is 5.91. The molecule has 0 aliphatic carbocycles. The molecule has 0 radical (unpaired) electrons. The Morgan fingerprint density at radius 1 is 0.909 bits per heavy atom. The summed E-state index contributed by atoms with van der Waals surface area (Å²) < 4.78 is 86.3. The second kappa shape index (κ2) is 8.68. The SMILES string of the molecule is C[C@@H]1CN(CCc2c(-c3cc(C(F)(F)F)cc(C(F)(F)F)c3)[nH]c3ccccc23)C[C@H](C)O1. The molecule has 33 heavy (non-hydrogen) atoms. The molecule has 1 aromatic heterocycles. The second-order valence-corrected chi connectivity index (χ2v) is 8.59. The van der Waals surface area contributed by atoms with Gasteiger partial charge in [0.2, 0.25) is 0 Å². The molecular weight excluding hydrogens is 446 g/mol. The van der Waals surface area contributed by atoms with Crippen molar-refractivity contribution in [3.63, 3.8) is 0 Å². The first-order chi connectivity index (χ1) is 15.4. The molecule has 0 bridgehead atoms. The van der Waals surface area contributed by atoms with Crippen molar-refractivity contribution in [2.45, 2.75) is 44.8 Å². The molecular formula is C24H24F6N2O. The van der Waals surface area contributed by atoms with Crippen LogP contribution in [-0.4, -0.2) is 41.7 Å². The minimum absolute atomic E-state index is 0.0500. The maximum atomic E-state index is 13.4. The fourth-order valence-electron chi connectivity index (χ4n) is 4.54. The molecule has 3 aromatic rings. The normalized spacial score (nSPS) is 20.5. The Balaban J connectivity index is 1.78. The van der Waals surface area contributed by atoms with Crippen molar-refractivity contribution < 1.29 is 31.1 Å². The van der Waals surface area contributed by atoms with Crippen LogP contribution in [0.3, 0.4) is 0 Å². The summed E-state index contributed by atoms with van der Waals surface area (Å²) >= 11 is 0. The number of halogens is 6. The lowest BCUT2D eigenvalue weighted by Crippen LogP contribution is -2.46. The molecule has 0 spiro atoms. The van der Waals surface area contributed by atoms with Gasteiger partial charge in [-0.2, -0.15) is 26.3 Å². The first kappa shape index (κ1) is 23.6. The van der Waals surface area contributed by atoms with Gasteiger partial charge in [-0.15, -0.1) is 0 Å². The smallest absolute Gasteiger partial charge is 0.373 e. The number of nitrogens with one attached hydrogen (secondary N) is 1. The average Bonchev–Trinajstić information content (AvgIpc) is 3.08. The van der Waals surface area contributed by atoms with Crippen molar-refractivity contribution in [2.24, 2.45) is 0 Å². The summed E-state index contributed by atoms with van der Waals surface area (Å²) in [7, 11) is 0. The van der Waals surface area contributed by atoms with E-state index in [1.807, 2.05) is 19.9 Å². The van der Waals surface area contributed by atoms with Crippen molar-refractivity contribution >= 4 is 10.9 Å². The predicted molar refractivity (Wildman–Crippen MR) is 114 cm³/mol. The molecule has 1 fully saturated rings. The van der Waals surface area contributed by atoms with Crippen LogP contribution in [0.2, 0.25) is 0 Å². The Hall–Kier alpha value is -2.52. The van der Waals surface area contributed by atoms with Crippen molar-refractivity contribution in [2.75, 3.05) is 19.6 Å². The third-order valence-electron chi connectivity index (χ3n) is 5.86. The van der Waals surface area contributed by atoms with E-state index in [-0.39, 0.29) is 29.5 Å². The molecule has 1 saturated heterocycles. The van der Waals surface area contributed by atoms with Gasteiger partial charge in [-0.05, 0) is 55.7 Å². The lowest BCUT2D eigenvalue weighted by Gasteiger charge is -2.35. The van der Waals surface area contributed by atoms with E-state index in [1.165, 1.54) is 0 Å². The molecule has 4 rings (SSSR count). The number of rotatable bonds is 4. The number of ether oxygens (including phenoxy) is 1. The lowest BCUT2D eigenvalue weighted by atomic mass is 9.98. The Kier molecular flexibility index (Phi) is 6.22. The largest absolute Gasteiger partial charge is 0.416 e. The van der Waals surface area contributed by atoms with E-state index in [0.717, 1.165) is 17.5 Å².